The number of likely N-dealkylation sites (N-methyl/N-ethyl adjacent to an activating group) is 1. The topological polar surface area (TPSA) is 100 Å². The lowest BCUT2D eigenvalue weighted by Crippen LogP contribution is -2.35. The number of aromatic nitrogens is 1. The van der Waals surface area contributed by atoms with E-state index in [1.165, 1.54) is 13.2 Å². The van der Waals surface area contributed by atoms with Crippen molar-refractivity contribution in [2.45, 2.75) is 11.9 Å². The quantitative estimate of drug-likeness (QED) is 0.650. The summed E-state index contributed by atoms with van der Waals surface area (Å²) in [5.74, 6) is -0.417. The van der Waals surface area contributed by atoms with Crippen LogP contribution in [0.4, 0.5) is 5.69 Å². The molecule has 1 amide bonds. The van der Waals surface area contributed by atoms with E-state index in [-0.39, 0.29) is 11.6 Å². The maximum Gasteiger partial charge on any atom is 0.260 e. The van der Waals surface area contributed by atoms with Gasteiger partial charge in [-0.3, -0.25) is 4.79 Å². The van der Waals surface area contributed by atoms with Gasteiger partial charge in [0.15, 0.2) is 5.03 Å². The molecule has 0 aliphatic heterocycles. The molecule has 0 bridgehead atoms. The van der Waals surface area contributed by atoms with Crippen molar-refractivity contribution >= 4 is 21.6 Å². The minimum Gasteiger partial charge on any atom is -0.383 e. The Kier molecular flexibility index (Phi) is 5.05. The van der Waals surface area contributed by atoms with Gasteiger partial charge < -0.3 is 10.6 Å². The molecule has 1 aromatic heterocycles. The average molecular weight is 272 g/mol. The SMILES string of the molecule is CCNc1cccnc1S(=O)(=O)NCC(=O)NC. The molecular weight excluding hydrogens is 256 g/mol. The van der Waals surface area contributed by atoms with E-state index in [0.29, 0.717) is 12.2 Å². The largest absolute Gasteiger partial charge is 0.383 e. The minimum absolute atomic E-state index is 0.115. The van der Waals surface area contributed by atoms with Crippen molar-refractivity contribution in [3.63, 3.8) is 0 Å². The number of pyridine rings is 1. The van der Waals surface area contributed by atoms with Crippen LogP contribution in [0.3, 0.4) is 0 Å². The van der Waals surface area contributed by atoms with E-state index in [0.717, 1.165) is 0 Å². The molecule has 0 spiro atoms. The Labute approximate surface area is 106 Å². The van der Waals surface area contributed by atoms with E-state index in [1.807, 2.05) is 6.92 Å². The standard InChI is InChI=1S/C10H16N4O3S/c1-3-12-8-5-4-6-13-10(8)18(16,17)14-7-9(15)11-2/h4-6,12,14H,3,7H2,1-2H3,(H,11,15). The van der Waals surface area contributed by atoms with Crippen molar-refractivity contribution in [3.8, 4) is 0 Å². The van der Waals surface area contributed by atoms with Crippen LogP contribution in [0.1, 0.15) is 6.92 Å². The molecule has 0 aromatic carbocycles. The minimum atomic E-state index is -3.80. The lowest BCUT2D eigenvalue weighted by Gasteiger charge is -2.10. The number of nitrogens with zero attached hydrogens (tertiary/aromatic N) is 1. The molecule has 0 unspecified atom stereocenters. The van der Waals surface area contributed by atoms with Gasteiger partial charge in [-0.25, -0.2) is 18.1 Å². The zero-order valence-corrected chi connectivity index (χ0v) is 11.0. The van der Waals surface area contributed by atoms with Crippen molar-refractivity contribution in [1.29, 1.82) is 0 Å². The lowest BCUT2D eigenvalue weighted by atomic mass is 10.4. The average Bonchev–Trinajstić information content (AvgIpc) is 2.37. The molecule has 3 N–H and O–H groups in total. The summed E-state index contributed by atoms with van der Waals surface area (Å²) in [6.07, 6.45) is 1.38. The fourth-order valence-electron chi connectivity index (χ4n) is 1.25. The maximum atomic E-state index is 12.0. The fraction of sp³-hybridized carbons (Fsp3) is 0.400. The first kappa shape index (κ1) is 14.4. The van der Waals surface area contributed by atoms with Gasteiger partial charge in [0.25, 0.3) is 10.0 Å². The third-order valence-electron chi connectivity index (χ3n) is 2.09. The van der Waals surface area contributed by atoms with Gasteiger partial charge in [0.05, 0.1) is 12.2 Å². The van der Waals surface area contributed by atoms with Crippen LogP contribution in [0.2, 0.25) is 0 Å². The molecule has 0 aliphatic carbocycles. The Balaban J connectivity index is 2.94. The number of carbonyl (C=O) groups is 1. The smallest absolute Gasteiger partial charge is 0.260 e. The predicted molar refractivity (Wildman–Crippen MR) is 67.7 cm³/mol. The second-order valence-corrected chi connectivity index (χ2v) is 5.07. The maximum absolute atomic E-state index is 12.0. The van der Waals surface area contributed by atoms with E-state index in [2.05, 4.69) is 20.3 Å². The summed E-state index contributed by atoms with van der Waals surface area (Å²) < 4.78 is 26.1. The summed E-state index contributed by atoms with van der Waals surface area (Å²) in [5.41, 5.74) is 0.407. The molecule has 1 aromatic rings. The molecule has 0 fully saturated rings. The van der Waals surface area contributed by atoms with Crippen LogP contribution in [-0.2, 0) is 14.8 Å². The number of carbonyl (C=O) groups excluding carboxylic acids is 1. The van der Waals surface area contributed by atoms with Crippen molar-refractivity contribution in [2.75, 3.05) is 25.5 Å². The van der Waals surface area contributed by atoms with E-state index in [1.54, 1.807) is 12.1 Å². The van der Waals surface area contributed by atoms with Gasteiger partial charge in [-0.15, -0.1) is 0 Å². The van der Waals surface area contributed by atoms with Gasteiger partial charge in [0.2, 0.25) is 5.91 Å². The summed E-state index contributed by atoms with van der Waals surface area (Å²) in [6.45, 7) is 2.10. The lowest BCUT2D eigenvalue weighted by molar-refractivity contribution is -0.119. The van der Waals surface area contributed by atoms with Crippen molar-refractivity contribution in [3.05, 3.63) is 18.3 Å². The van der Waals surface area contributed by atoms with Crippen molar-refractivity contribution in [2.24, 2.45) is 0 Å². The molecule has 1 heterocycles. The van der Waals surface area contributed by atoms with Gasteiger partial charge in [-0.1, -0.05) is 0 Å². The summed E-state index contributed by atoms with van der Waals surface area (Å²) >= 11 is 0. The highest BCUT2D eigenvalue weighted by molar-refractivity contribution is 7.89. The first-order chi connectivity index (χ1) is 8.51. The third-order valence-corrected chi connectivity index (χ3v) is 3.45. The van der Waals surface area contributed by atoms with E-state index >= 15 is 0 Å². The second-order valence-electron chi connectivity index (χ2n) is 3.38. The van der Waals surface area contributed by atoms with Crippen molar-refractivity contribution < 1.29 is 13.2 Å². The van der Waals surface area contributed by atoms with Gasteiger partial charge >= 0.3 is 0 Å². The highest BCUT2D eigenvalue weighted by Crippen LogP contribution is 2.17. The zero-order valence-electron chi connectivity index (χ0n) is 10.2. The van der Waals surface area contributed by atoms with Crippen LogP contribution in [0.15, 0.2) is 23.4 Å². The van der Waals surface area contributed by atoms with Crippen LogP contribution in [0.5, 0.6) is 0 Å². The number of amides is 1. The number of rotatable bonds is 6. The summed E-state index contributed by atoms with van der Waals surface area (Å²) in [5, 5.41) is 5.11. The number of anilines is 1. The monoisotopic (exact) mass is 272 g/mol. The van der Waals surface area contributed by atoms with Crippen LogP contribution in [0, 0.1) is 0 Å². The fourth-order valence-corrected chi connectivity index (χ4v) is 2.33. The number of hydrogen-bond acceptors (Lipinski definition) is 5. The number of hydrogen-bond donors (Lipinski definition) is 3. The molecular formula is C10H16N4O3S. The Morgan fingerprint density at radius 3 is 2.78 bits per heavy atom. The number of nitrogens with one attached hydrogen (secondary N) is 3. The van der Waals surface area contributed by atoms with Crippen LogP contribution < -0.4 is 15.4 Å². The normalized spacial score (nSPS) is 11.0. The first-order valence-corrected chi connectivity index (χ1v) is 6.88. The summed E-state index contributed by atoms with van der Waals surface area (Å²) in [6, 6.07) is 3.25. The molecule has 0 radical (unpaired) electrons. The molecule has 0 saturated carbocycles. The van der Waals surface area contributed by atoms with Crippen LogP contribution in [0.25, 0.3) is 0 Å². The van der Waals surface area contributed by atoms with Crippen LogP contribution >= 0.6 is 0 Å². The molecule has 1 rings (SSSR count). The van der Waals surface area contributed by atoms with E-state index in [9.17, 15) is 13.2 Å². The predicted octanol–water partition coefficient (Wildman–Crippen LogP) is -0.462. The molecule has 100 valence electrons. The molecule has 0 atom stereocenters. The Bertz CT molecular complexity index is 516. The van der Waals surface area contributed by atoms with Crippen LogP contribution in [-0.4, -0.2) is 39.4 Å². The molecule has 0 saturated heterocycles. The van der Waals surface area contributed by atoms with E-state index in [4.69, 9.17) is 0 Å². The summed E-state index contributed by atoms with van der Waals surface area (Å²) in [7, 11) is -2.37. The third kappa shape index (κ3) is 3.67. The second kappa shape index (κ2) is 6.31. The summed E-state index contributed by atoms with van der Waals surface area (Å²) in [4.78, 5) is 14.9. The van der Waals surface area contributed by atoms with E-state index < -0.39 is 15.9 Å². The Hall–Kier alpha value is -1.67. The zero-order chi connectivity index (χ0) is 13.6. The Morgan fingerprint density at radius 1 is 1.44 bits per heavy atom. The Morgan fingerprint density at radius 2 is 2.17 bits per heavy atom. The molecule has 0 aliphatic rings. The first-order valence-electron chi connectivity index (χ1n) is 5.40. The number of sulfonamides is 1. The van der Waals surface area contributed by atoms with Crippen molar-refractivity contribution in [1.82, 2.24) is 15.0 Å². The highest BCUT2D eigenvalue weighted by atomic mass is 32.2. The highest BCUT2D eigenvalue weighted by Gasteiger charge is 2.20. The van der Waals surface area contributed by atoms with Gasteiger partial charge in [-0.2, -0.15) is 0 Å². The van der Waals surface area contributed by atoms with Gasteiger partial charge in [-0.05, 0) is 19.1 Å². The van der Waals surface area contributed by atoms with Gasteiger partial charge in [0, 0.05) is 19.8 Å². The van der Waals surface area contributed by atoms with Gasteiger partial charge in [0.1, 0.15) is 0 Å². The molecule has 18 heavy (non-hydrogen) atoms. The molecule has 8 heteroatoms. The molecule has 7 nitrogen and oxygen atoms in total.